The third-order valence-electron chi connectivity index (χ3n) is 5.01. The van der Waals surface area contributed by atoms with Crippen molar-refractivity contribution in [3.8, 4) is 0 Å². The van der Waals surface area contributed by atoms with Crippen LogP contribution in [0, 0.1) is 0 Å². The standard InChI is InChI=1S/C16H20N2/c1-17-8-4-6-12-13-5-3-7-14-16(13)11(9-15(12)17)10-18(14)2/h3,5,7,10,12,15H,4,6,8-9H2,1-2H3/t12-,15-/m1/s1. The largest absolute Gasteiger partial charge is 0.350 e. The quantitative estimate of drug-likeness (QED) is 0.687. The Balaban J connectivity index is 1.97. The Morgan fingerprint density at radius 3 is 3.00 bits per heavy atom. The number of piperidine rings is 1. The number of aryl methyl sites for hydroxylation is 1. The van der Waals surface area contributed by atoms with Crippen LogP contribution in [0.4, 0.5) is 0 Å². The SMILES string of the molecule is CN1CCC[C@@H]2c3cccc4c3c(cn4C)C[C@H]21. The summed E-state index contributed by atoms with van der Waals surface area (Å²) in [6.45, 7) is 1.26. The molecule has 2 heterocycles. The monoisotopic (exact) mass is 240 g/mol. The molecule has 2 aromatic rings. The highest BCUT2D eigenvalue weighted by atomic mass is 15.1. The van der Waals surface area contributed by atoms with Gasteiger partial charge in [0, 0.05) is 36.1 Å². The van der Waals surface area contributed by atoms with Gasteiger partial charge in [-0.05, 0) is 50.0 Å². The zero-order valence-electron chi connectivity index (χ0n) is 11.2. The Morgan fingerprint density at radius 1 is 1.22 bits per heavy atom. The topological polar surface area (TPSA) is 8.17 Å². The van der Waals surface area contributed by atoms with E-state index in [1.54, 1.807) is 16.5 Å². The molecular formula is C16H20N2. The van der Waals surface area contributed by atoms with E-state index in [1.165, 1.54) is 31.3 Å². The van der Waals surface area contributed by atoms with Gasteiger partial charge in [-0.1, -0.05) is 12.1 Å². The molecule has 0 radical (unpaired) electrons. The van der Waals surface area contributed by atoms with Gasteiger partial charge in [-0.15, -0.1) is 0 Å². The fourth-order valence-electron chi connectivity index (χ4n) is 4.15. The zero-order chi connectivity index (χ0) is 12.3. The van der Waals surface area contributed by atoms with Crippen LogP contribution in [0.3, 0.4) is 0 Å². The van der Waals surface area contributed by atoms with Crippen LogP contribution in [0.5, 0.6) is 0 Å². The first-order valence-electron chi connectivity index (χ1n) is 7.03. The minimum atomic E-state index is 0.722. The third-order valence-corrected chi connectivity index (χ3v) is 5.01. The number of rotatable bonds is 0. The van der Waals surface area contributed by atoms with Crippen LogP contribution in [-0.2, 0) is 13.5 Å². The van der Waals surface area contributed by atoms with Gasteiger partial charge >= 0.3 is 0 Å². The molecule has 2 heteroatoms. The average Bonchev–Trinajstić information content (AvgIpc) is 2.70. The number of fused-ring (bicyclic) bond motifs is 2. The summed E-state index contributed by atoms with van der Waals surface area (Å²) in [5.41, 5.74) is 4.57. The van der Waals surface area contributed by atoms with Crippen LogP contribution in [0.2, 0.25) is 0 Å². The van der Waals surface area contributed by atoms with Gasteiger partial charge < -0.3 is 9.47 Å². The Labute approximate surface area is 108 Å². The normalized spacial score (nSPS) is 27.4. The van der Waals surface area contributed by atoms with E-state index in [9.17, 15) is 0 Å². The van der Waals surface area contributed by atoms with Crippen LogP contribution < -0.4 is 0 Å². The number of likely N-dealkylation sites (N-methyl/N-ethyl adjacent to an activating group) is 1. The summed E-state index contributed by atoms with van der Waals surface area (Å²) in [6, 6.07) is 7.58. The van der Waals surface area contributed by atoms with Crippen molar-refractivity contribution in [2.24, 2.45) is 7.05 Å². The molecule has 2 nitrogen and oxygen atoms in total. The molecule has 0 N–H and O–H groups in total. The molecule has 18 heavy (non-hydrogen) atoms. The van der Waals surface area contributed by atoms with Gasteiger partial charge in [-0.3, -0.25) is 0 Å². The highest BCUT2D eigenvalue weighted by molar-refractivity contribution is 5.89. The number of benzene rings is 1. The fraction of sp³-hybridized carbons (Fsp3) is 0.500. The van der Waals surface area contributed by atoms with Gasteiger partial charge in [0.1, 0.15) is 0 Å². The second kappa shape index (κ2) is 3.61. The van der Waals surface area contributed by atoms with Crippen LogP contribution in [0.25, 0.3) is 10.9 Å². The molecule has 1 saturated heterocycles. The first-order chi connectivity index (χ1) is 8.75. The lowest BCUT2D eigenvalue weighted by Crippen LogP contribution is -2.44. The molecule has 2 atom stereocenters. The summed E-state index contributed by atoms with van der Waals surface area (Å²) in [6.07, 6.45) is 6.28. The lowest BCUT2D eigenvalue weighted by molar-refractivity contribution is 0.157. The molecule has 4 rings (SSSR count). The number of hydrogen-bond donors (Lipinski definition) is 0. The summed E-state index contributed by atoms with van der Waals surface area (Å²) in [4.78, 5) is 2.57. The number of hydrogen-bond acceptors (Lipinski definition) is 1. The second-order valence-corrected chi connectivity index (χ2v) is 6.01. The first kappa shape index (κ1) is 10.6. The number of aromatic nitrogens is 1. The predicted molar refractivity (Wildman–Crippen MR) is 75.0 cm³/mol. The smallest absolute Gasteiger partial charge is 0.0483 e. The summed E-state index contributed by atoms with van der Waals surface area (Å²) >= 11 is 0. The van der Waals surface area contributed by atoms with Crippen molar-refractivity contribution in [1.29, 1.82) is 0 Å². The average molecular weight is 240 g/mol. The Morgan fingerprint density at radius 2 is 2.11 bits per heavy atom. The van der Waals surface area contributed by atoms with Gasteiger partial charge in [0.25, 0.3) is 0 Å². The second-order valence-electron chi connectivity index (χ2n) is 6.01. The molecule has 1 aromatic carbocycles. The van der Waals surface area contributed by atoms with Crippen molar-refractivity contribution >= 4 is 10.9 Å². The minimum Gasteiger partial charge on any atom is -0.350 e. The summed E-state index contributed by atoms with van der Waals surface area (Å²) < 4.78 is 2.30. The van der Waals surface area contributed by atoms with E-state index in [0.29, 0.717) is 0 Å². The van der Waals surface area contributed by atoms with Gasteiger partial charge in [-0.2, -0.15) is 0 Å². The van der Waals surface area contributed by atoms with E-state index in [2.05, 4.69) is 48.0 Å². The maximum absolute atomic E-state index is 2.57. The van der Waals surface area contributed by atoms with E-state index in [1.807, 2.05) is 0 Å². The van der Waals surface area contributed by atoms with Crippen LogP contribution in [0.1, 0.15) is 29.9 Å². The van der Waals surface area contributed by atoms with E-state index in [0.717, 1.165) is 12.0 Å². The summed E-state index contributed by atoms with van der Waals surface area (Å²) in [5.74, 6) is 0.752. The minimum absolute atomic E-state index is 0.722. The maximum atomic E-state index is 2.57. The molecule has 1 aliphatic carbocycles. The molecule has 94 valence electrons. The first-order valence-corrected chi connectivity index (χ1v) is 7.03. The lowest BCUT2D eigenvalue weighted by Gasteiger charge is -2.42. The van der Waals surface area contributed by atoms with Crippen molar-refractivity contribution in [3.05, 3.63) is 35.5 Å². The van der Waals surface area contributed by atoms with Gasteiger partial charge in [-0.25, -0.2) is 0 Å². The molecule has 2 aliphatic rings. The number of nitrogens with zero attached hydrogens (tertiary/aromatic N) is 2. The van der Waals surface area contributed by atoms with Crippen molar-refractivity contribution in [2.75, 3.05) is 13.6 Å². The van der Waals surface area contributed by atoms with E-state index in [-0.39, 0.29) is 0 Å². The summed E-state index contributed by atoms with van der Waals surface area (Å²) in [7, 11) is 4.47. The highest BCUT2D eigenvalue weighted by Gasteiger charge is 2.35. The third kappa shape index (κ3) is 1.27. The Bertz CT molecular complexity index is 611. The molecule has 0 saturated carbocycles. The molecule has 1 aromatic heterocycles. The van der Waals surface area contributed by atoms with Crippen LogP contribution in [-0.4, -0.2) is 29.1 Å². The van der Waals surface area contributed by atoms with Gasteiger partial charge in [0.2, 0.25) is 0 Å². The molecule has 0 unspecified atom stereocenters. The maximum Gasteiger partial charge on any atom is 0.0483 e. The molecule has 1 aliphatic heterocycles. The van der Waals surface area contributed by atoms with Gasteiger partial charge in [0.15, 0.2) is 0 Å². The lowest BCUT2D eigenvalue weighted by atomic mass is 9.75. The molecule has 0 bridgehead atoms. The van der Waals surface area contributed by atoms with Crippen molar-refractivity contribution in [2.45, 2.75) is 31.2 Å². The van der Waals surface area contributed by atoms with E-state index < -0.39 is 0 Å². The molecule has 0 amide bonds. The molecule has 0 spiro atoms. The van der Waals surface area contributed by atoms with Crippen molar-refractivity contribution in [1.82, 2.24) is 9.47 Å². The number of likely N-dealkylation sites (tertiary alicyclic amines) is 1. The molecular weight excluding hydrogens is 220 g/mol. The predicted octanol–water partition coefficient (Wildman–Crippen LogP) is 2.91. The zero-order valence-corrected chi connectivity index (χ0v) is 11.2. The summed E-state index contributed by atoms with van der Waals surface area (Å²) in [5, 5.41) is 1.55. The van der Waals surface area contributed by atoms with Crippen LogP contribution >= 0.6 is 0 Å². The highest BCUT2D eigenvalue weighted by Crippen LogP contribution is 2.43. The molecule has 1 fully saturated rings. The van der Waals surface area contributed by atoms with Crippen molar-refractivity contribution < 1.29 is 0 Å². The Hall–Kier alpha value is -1.28. The van der Waals surface area contributed by atoms with Gasteiger partial charge in [0.05, 0.1) is 0 Å². The van der Waals surface area contributed by atoms with E-state index in [4.69, 9.17) is 0 Å². The fourth-order valence-corrected chi connectivity index (χ4v) is 4.15. The van der Waals surface area contributed by atoms with E-state index >= 15 is 0 Å². The van der Waals surface area contributed by atoms with Crippen LogP contribution in [0.15, 0.2) is 24.4 Å². The Kier molecular flexibility index (Phi) is 2.13. The van der Waals surface area contributed by atoms with Crippen molar-refractivity contribution in [3.63, 3.8) is 0 Å².